The number of furan rings is 1. The van der Waals surface area contributed by atoms with Gasteiger partial charge in [-0.15, -0.1) is 10.2 Å². The van der Waals surface area contributed by atoms with Gasteiger partial charge in [-0.25, -0.2) is 8.42 Å². The SMILES string of the molecule is CCn1c(S[C@H](C)C(=O)Nc2ccc(S(=O)(=O)N3CCCC3)cc2)nnc1-c1ccco1. The van der Waals surface area contributed by atoms with E-state index in [0.29, 0.717) is 42.1 Å². The third kappa shape index (κ3) is 4.59. The van der Waals surface area contributed by atoms with Crippen molar-refractivity contribution in [1.29, 1.82) is 0 Å². The Bertz CT molecular complexity index is 1170. The lowest BCUT2D eigenvalue weighted by atomic mass is 10.3. The van der Waals surface area contributed by atoms with E-state index >= 15 is 0 Å². The van der Waals surface area contributed by atoms with Crippen molar-refractivity contribution in [2.45, 2.75) is 48.5 Å². The van der Waals surface area contributed by atoms with Gasteiger partial charge in [0.1, 0.15) is 0 Å². The van der Waals surface area contributed by atoms with Crippen molar-refractivity contribution in [2.24, 2.45) is 0 Å². The van der Waals surface area contributed by atoms with Gasteiger partial charge in [0, 0.05) is 25.3 Å². The zero-order valence-corrected chi connectivity index (χ0v) is 19.5. The predicted octanol–water partition coefficient (Wildman–Crippen LogP) is 3.46. The monoisotopic (exact) mass is 475 g/mol. The maximum Gasteiger partial charge on any atom is 0.243 e. The molecule has 0 aliphatic carbocycles. The zero-order valence-electron chi connectivity index (χ0n) is 17.9. The van der Waals surface area contributed by atoms with Crippen molar-refractivity contribution in [3.05, 3.63) is 42.7 Å². The predicted molar refractivity (Wildman–Crippen MR) is 122 cm³/mol. The second kappa shape index (κ2) is 9.47. The molecular formula is C21H25N5O4S2. The number of rotatable bonds is 8. The molecule has 3 heterocycles. The lowest BCUT2D eigenvalue weighted by Crippen LogP contribution is -2.27. The average Bonchev–Trinajstić information content (AvgIpc) is 3.55. The number of amides is 1. The lowest BCUT2D eigenvalue weighted by molar-refractivity contribution is -0.115. The molecule has 0 radical (unpaired) electrons. The number of anilines is 1. The minimum Gasteiger partial charge on any atom is -0.461 e. The highest BCUT2D eigenvalue weighted by Gasteiger charge is 2.27. The van der Waals surface area contributed by atoms with Crippen molar-refractivity contribution < 1.29 is 17.6 Å². The summed E-state index contributed by atoms with van der Waals surface area (Å²) in [6, 6.07) is 9.89. The summed E-state index contributed by atoms with van der Waals surface area (Å²) in [5, 5.41) is 11.4. The van der Waals surface area contributed by atoms with E-state index < -0.39 is 15.3 Å². The van der Waals surface area contributed by atoms with Crippen LogP contribution < -0.4 is 5.32 Å². The van der Waals surface area contributed by atoms with Crippen LogP contribution in [0.1, 0.15) is 26.7 Å². The van der Waals surface area contributed by atoms with Crippen LogP contribution >= 0.6 is 11.8 Å². The van der Waals surface area contributed by atoms with Gasteiger partial charge in [0.2, 0.25) is 15.9 Å². The summed E-state index contributed by atoms with van der Waals surface area (Å²) in [5.74, 6) is 1.02. The molecule has 3 aromatic rings. The van der Waals surface area contributed by atoms with Crippen molar-refractivity contribution in [2.75, 3.05) is 18.4 Å². The molecule has 32 heavy (non-hydrogen) atoms. The van der Waals surface area contributed by atoms with E-state index in [1.165, 1.54) is 28.2 Å². The molecule has 0 saturated carbocycles. The molecule has 11 heteroatoms. The molecule has 1 saturated heterocycles. The number of nitrogens with one attached hydrogen (secondary N) is 1. The standard InChI is InChI=1S/C21H25N5O4S2/c1-3-26-19(18-7-6-14-30-18)23-24-21(26)31-15(2)20(27)22-16-8-10-17(11-9-16)32(28,29)25-12-4-5-13-25/h6-11,14-15H,3-5,12-13H2,1-2H3,(H,22,27)/t15-/m1/s1. The number of aromatic nitrogens is 3. The summed E-state index contributed by atoms with van der Waals surface area (Å²) in [6.45, 7) is 5.50. The van der Waals surface area contributed by atoms with Crippen molar-refractivity contribution in [1.82, 2.24) is 19.1 Å². The molecule has 1 aliphatic rings. The highest BCUT2D eigenvalue weighted by molar-refractivity contribution is 8.00. The van der Waals surface area contributed by atoms with Crippen LogP contribution in [0.25, 0.3) is 11.6 Å². The van der Waals surface area contributed by atoms with Crippen LogP contribution in [0.3, 0.4) is 0 Å². The molecule has 1 N–H and O–H groups in total. The van der Waals surface area contributed by atoms with Crippen molar-refractivity contribution >= 4 is 33.4 Å². The Hall–Kier alpha value is -2.63. The first-order chi connectivity index (χ1) is 15.4. The smallest absolute Gasteiger partial charge is 0.243 e. The van der Waals surface area contributed by atoms with Crippen LogP contribution in [0.15, 0.2) is 57.1 Å². The summed E-state index contributed by atoms with van der Waals surface area (Å²) in [4.78, 5) is 12.9. The average molecular weight is 476 g/mol. The Morgan fingerprint density at radius 1 is 1.19 bits per heavy atom. The Balaban J connectivity index is 1.41. The second-order valence-corrected chi connectivity index (χ2v) is 10.7. The first-order valence-electron chi connectivity index (χ1n) is 10.4. The number of benzene rings is 1. The van der Waals surface area contributed by atoms with Gasteiger partial charge in [0.05, 0.1) is 16.4 Å². The molecule has 4 rings (SSSR count). The van der Waals surface area contributed by atoms with E-state index in [4.69, 9.17) is 4.42 Å². The Morgan fingerprint density at radius 3 is 2.53 bits per heavy atom. The van der Waals surface area contributed by atoms with Gasteiger partial charge in [0.25, 0.3) is 0 Å². The Kier molecular flexibility index (Phi) is 6.68. The highest BCUT2D eigenvalue weighted by Crippen LogP contribution is 2.28. The van der Waals surface area contributed by atoms with E-state index in [9.17, 15) is 13.2 Å². The molecule has 1 aromatic carbocycles. The van der Waals surface area contributed by atoms with Crippen molar-refractivity contribution in [3.63, 3.8) is 0 Å². The fraction of sp³-hybridized carbons (Fsp3) is 0.381. The molecule has 1 atom stereocenters. The van der Waals surface area contributed by atoms with Crippen LogP contribution in [0, 0.1) is 0 Å². The number of nitrogens with zero attached hydrogens (tertiary/aromatic N) is 4. The van der Waals surface area contributed by atoms with Crippen molar-refractivity contribution in [3.8, 4) is 11.6 Å². The molecule has 0 spiro atoms. The summed E-state index contributed by atoms with van der Waals surface area (Å²) >= 11 is 1.30. The van der Waals surface area contributed by atoms with Gasteiger partial charge in [-0.05, 0) is 63.1 Å². The molecule has 170 valence electrons. The van der Waals surface area contributed by atoms with E-state index in [1.807, 2.05) is 17.6 Å². The zero-order chi connectivity index (χ0) is 22.7. The molecule has 9 nitrogen and oxygen atoms in total. The number of carbonyl (C=O) groups excluding carboxylic acids is 1. The summed E-state index contributed by atoms with van der Waals surface area (Å²) in [6.07, 6.45) is 3.35. The van der Waals surface area contributed by atoms with E-state index in [0.717, 1.165) is 12.8 Å². The largest absolute Gasteiger partial charge is 0.461 e. The second-order valence-electron chi connectivity index (χ2n) is 7.41. The quantitative estimate of drug-likeness (QED) is 0.497. The van der Waals surface area contributed by atoms with Crippen LogP contribution in [0.4, 0.5) is 5.69 Å². The molecule has 2 aromatic heterocycles. The molecule has 0 unspecified atom stereocenters. The normalized spacial score (nSPS) is 15.7. The van der Waals surface area contributed by atoms with Crippen LogP contribution in [0.5, 0.6) is 0 Å². The summed E-state index contributed by atoms with van der Waals surface area (Å²) in [7, 11) is -3.47. The molecular weight excluding hydrogens is 450 g/mol. The molecule has 1 aliphatic heterocycles. The molecule has 1 amide bonds. The molecule has 1 fully saturated rings. The first-order valence-corrected chi connectivity index (χ1v) is 12.8. The van der Waals surface area contributed by atoms with Gasteiger partial charge in [0.15, 0.2) is 16.7 Å². The fourth-order valence-electron chi connectivity index (χ4n) is 3.49. The number of thioether (sulfide) groups is 1. The Labute approximate surface area is 191 Å². The topological polar surface area (TPSA) is 110 Å². The van der Waals surface area contributed by atoms with E-state index in [2.05, 4.69) is 15.5 Å². The van der Waals surface area contributed by atoms with E-state index in [-0.39, 0.29) is 10.8 Å². The highest BCUT2D eigenvalue weighted by atomic mass is 32.2. The first kappa shape index (κ1) is 22.6. The van der Waals surface area contributed by atoms with Gasteiger partial charge in [-0.3, -0.25) is 9.36 Å². The number of sulfonamides is 1. The fourth-order valence-corrected chi connectivity index (χ4v) is 5.92. The maximum atomic E-state index is 12.7. The lowest BCUT2D eigenvalue weighted by Gasteiger charge is -2.16. The van der Waals surface area contributed by atoms with Crippen LogP contribution in [-0.4, -0.2) is 51.7 Å². The van der Waals surface area contributed by atoms with Crippen LogP contribution in [0.2, 0.25) is 0 Å². The minimum absolute atomic E-state index is 0.213. The number of hydrogen-bond acceptors (Lipinski definition) is 7. The molecule has 0 bridgehead atoms. The summed E-state index contributed by atoms with van der Waals surface area (Å²) in [5.41, 5.74) is 0.538. The van der Waals surface area contributed by atoms with Gasteiger partial charge in [-0.2, -0.15) is 4.31 Å². The Morgan fingerprint density at radius 2 is 1.91 bits per heavy atom. The van der Waals surface area contributed by atoms with E-state index in [1.54, 1.807) is 31.4 Å². The van der Waals surface area contributed by atoms with Gasteiger partial charge >= 0.3 is 0 Å². The van der Waals surface area contributed by atoms with Gasteiger partial charge < -0.3 is 9.73 Å². The third-order valence-corrected chi connectivity index (χ3v) is 8.24. The summed E-state index contributed by atoms with van der Waals surface area (Å²) < 4.78 is 34.1. The third-order valence-electron chi connectivity index (χ3n) is 5.25. The number of carbonyl (C=O) groups is 1. The maximum absolute atomic E-state index is 12.7. The van der Waals surface area contributed by atoms with Gasteiger partial charge in [-0.1, -0.05) is 11.8 Å². The number of hydrogen-bond donors (Lipinski definition) is 1. The minimum atomic E-state index is -3.47. The van der Waals surface area contributed by atoms with Crippen LogP contribution in [-0.2, 0) is 21.4 Å².